The van der Waals surface area contributed by atoms with Gasteiger partial charge in [0.2, 0.25) is 5.91 Å². The van der Waals surface area contributed by atoms with Crippen LogP contribution in [0.4, 0.5) is 5.69 Å². The van der Waals surface area contributed by atoms with Crippen LogP contribution in [0.15, 0.2) is 24.3 Å². The van der Waals surface area contributed by atoms with Crippen LogP contribution in [0.2, 0.25) is 0 Å². The van der Waals surface area contributed by atoms with Crippen LogP contribution in [-0.2, 0) is 9.53 Å². The van der Waals surface area contributed by atoms with E-state index in [1.807, 2.05) is 20.8 Å². The van der Waals surface area contributed by atoms with Crippen LogP contribution in [-0.4, -0.2) is 29.9 Å². The lowest BCUT2D eigenvalue weighted by atomic mass is 9.54. The maximum absolute atomic E-state index is 12.6. The lowest BCUT2D eigenvalue weighted by molar-refractivity contribution is -0.166. The van der Waals surface area contributed by atoms with Crippen molar-refractivity contribution in [3.8, 4) is 0 Å². The van der Waals surface area contributed by atoms with Crippen LogP contribution in [0.5, 0.6) is 0 Å². The van der Waals surface area contributed by atoms with E-state index in [9.17, 15) is 9.59 Å². The summed E-state index contributed by atoms with van der Waals surface area (Å²) in [7, 11) is 0. The number of ether oxygens (including phenoxy) is 1. The summed E-state index contributed by atoms with van der Waals surface area (Å²) in [5.41, 5.74) is 6.06. The summed E-state index contributed by atoms with van der Waals surface area (Å²) >= 11 is 0. The number of ketones is 1. The zero-order valence-electron chi connectivity index (χ0n) is 14.0. The summed E-state index contributed by atoms with van der Waals surface area (Å²) in [5.74, 6) is -0.284. The molecule has 0 aliphatic heterocycles. The summed E-state index contributed by atoms with van der Waals surface area (Å²) in [5, 5.41) is 2.83. The average molecular weight is 341 g/mol. The van der Waals surface area contributed by atoms with E-state index in [1.54, 1.807) is 24.3 Å². The van der Waals surface area contributed by atoms with E-state index in [0.29, 0.717) is 24.3 Å². The van der Waals surface area contributed by atoms with Gasteiger partial charge in [-0.15, -0.1) is 12.4 Å². The molecular formula is C17H25ClN2O3. The van der Waals surface area contributed by atoms with Gasteiger partial charge in [-0.05, 0) is 26.0 Å². The predicted octanol–water partition coefficient (Wildman–Crippen LogP) is 2.78. The van der Waals surface area contributed by atoms with Gasteiger partial charge in [-0.2, -0.15) is 0 Å². The second kappa shape index (κ2) is 6.99. The second-order valence-electron chi connectivity index (χ2n) is 6.43. The maximum atomic E-state index is 12.6. The summed E-state index contributed by atoms with van der Waals surface area (Å²) in [6.07, 6.45) is 0.475. The highest BCUT2D eigenvalue weighted by molar-refractivity contribution is 6.01. The van der Waals surface area contributed by atoms with Gasteiger partial charge >= 0.3 is 0 Å². The fraction of sp³-hybridized carbons (Fsp3) is 0.529. The molecule has 1 aromatic rings. The minimum absolute atomic E-state index is 0. The number of nitrogens with two attached hydrogens (primary N) is 1. The zero-order chi connectivity index (χ0) is 16.5. The topological polar surface area (TPSA) is 81.4 Å². The van der Waals surface area contributed by atoms with Gasteiger partial charge in [0.05, 0.1) is 6.10 Å². The number of halogens is 1. The first-order chi connectivity index (χ1) is 10.2. The molecule has 2 rings (SSSR count). The molecule has 3 N–H and O–H groups in total. The van der Waals surface area contributed by atoms with Gasteiger partial charge in [0.25, 0.3) is 0 Å². The number of Topliss-reactive ketones (excluding diaryl/α,β-unsaturated/α-hetero) is 1. The molecule has 23 heavy (non-hydrogen) atoms. The number of carbonyl (C=O) groups is 2. The van der Waals surface area contributed by atoms with Crippen LogP contribution in [0.25, 0.3) is 0 Å². The van der Waals surface area contributed by atoms with Crippen molar-refractivity contribution in [1.82, 2.24) is 0 Å². The molecule has 0 spiro atoms. The Morgan fingerprint density at radius 3 is 2.57 bits per heavy atom. The molecule has 2 unspecified atom stereocenters. The molecule has 128 valence electrons. The van der Waals surface area contributed by atoms with Crippen molar-refractivity contribution in [3.05, 3.63) is 29.8 Å². The Hall–Kier alpha value is -1.43. The highest BCUT2D eigenvalue weighted by atomic mass is 35.5. The molecule has 1 aliphatic rings. The third-order valence-electron chi connectivity index (χ3n) is 4.76. The number of rotatable bonds is 5. The molecule has 2 atom stereocenters. The first-order valence-electron chi connectivity index (χ1n) is 7.55. The monoisotopic (exact) mass is 340 g/mol. The molecule has 0 aromatic heterocycles. The molecule has 0 heterocycles. The summed E-state index contributed by atoms with van der Waals surface area (Å²) in [4.78, 5) is 24.0. The minimum Gasteiger partial charge on any atom is -0.378 e. The largest absolute Gasteiger partial charge is 0.378 e. The SMILES string of the molecule is CCOC1CC(N)(C(=O)Nc2cccc(C(C)=O)c2)C1(C)C.Cl. The molecule has 5 nitrogen and oxygen atoms in total. The third-order valence-corrected chi connectivity index (χ3v) is 4.76. The maximum Gasteiger partial charge on any atom is 0.245 e. The Labute approximate surface area is 143 Å². The molecule has 0 bridgehead atoms. The quantitative estimate of drug-likeness (QED) is 0.807. The van der Waals surface area contributed by atoms with Crippen molar-refractivity contribution in [3.63, 3.8) is 0 Å². The summed E-state index contributed by atoms with van der Waals surface area (Å²) < 4.78 is 5.63. The lowest BCUT2D eigenvalue weighted by Gasteiger charge is -2.57. The Balaban J connectivity index is 0.00000264. The number of hydrogen-bond acceptors (Lipinski definition) is 4. The molecular weight excluding hydrogens is 316 g/mol. The number of amides is 1. The zero-order valence-corrected chi connectivity index (χ0v) is 14.8. The van der Waals surface area contributed by atoms with Gasteiger partial charge in [-0.1, -0.05) is 26.0 Å². The van der Waals surface area contributed by atoms with Gasteiger partial charge < -0.3 is 15.8 Å². The fourth-order valence-electron chi connectivity index (χ4n) is 2.88. The Morgan fingerprint density at radius 1 is 1.39 bits per heavy atom. The van der Waals surface area contributed by atoms with E-state index >= 15 is 0 Å². The van der Waals surface area contributed by atoms with E-state index in [1.165, 1.54) is 6.92 Å². The molecule has 1 aromatic carbocycles. The van der Waals surface area contributed by atoms with Crippen LogP contribution < -0.4 is 11.1 Å². The van der Waals surface area contributed by atoms with Crippen LogP contribution >= 0.6 is 12.4 Å². The molecule has 1 fully saturated rings. The van der Waals surface area contributed by atoms with Crippen molar-refractivity contribution in [2.24, 2.45) is 11.1 Å². The number of benzene rings is 1. The van der Waals surface area contributed by atoms with Gasteiger partial charge in [0, 0.05) is 29.7 Å². The highest BCUT2D eigenvalue weighted by Gasteiger charge is 2.62. The summed E-state index contributed by atoms with van der Waals surface area (Å²) in [6.45, 7) is 7.92. The highest BCUT2D eigenvalue weighted by Crippen LogP contribution is 2.50. The number of hydrogen-bond donors (Lipinski definition) is 2. The fourth-order valence-corrected chi connectivity index (χ4v) is 2.88. The predicted molar refractivity (Wildman–Crippen MR) is 93.1 cm³/mol. The molecule has 1 aliphatic carbocycles. The van der Waals surface area contributed by atoms with E-state index in [-0.39, 0.29) is 30.2 Å². The first kappa shape index (κ1) is 19.6. The Bertz CT molecular complexity index is 603. The molecule has 0 saturated heterocycles. The smallest absolute Gasteiger partial charge is 0.245 e. The van der Waals surface area contributed by atoms with Crippen LogP contribution in [0, 0.1) is 5.41 Å². The van der Waals surface area contributed by atoms with Gasteiger partial charge in [0.1, 0.15) is 5.54 Å². The van der Waals surface area contributed by atoms with Gasteiger partial charge in [-0.3, -0.25) is 9.59 Å². The Morgan fingerprint density at radius 2 is 2.04 bits per heavy atom. The average Bonchev–Trinajstić information content (AvgIpc) is 2.47. The number of anilines is 1. The van der Waals surface area contributed by atoms with Crippen molar-refractivity contribution >= 4 is 29.8 Å². The standard InChI is InChI=1S/C17H24N2O3.ClH/c1-5-22-14-10-17(18,16(14,3)4)15(21)19-13-8-6-7-12(9-13)11(2)20;/h6-9,14H,5,10,18H2,1-4H3,(H,19,21);1H. The molecule has 6 heteroatoms. The lowest BCUT2D eigenvalue weighted by Crippen LogP contribution is -2.74. The van der Waals surface area contributed by atoms with Crippen LogP contribution in [0.1, 0.15) is 44.5 Å². The molecule has 0 radical (unpaired) electrons. The number of carbonyl (C=O) groups excluding carboxylic acids is 2. The van der Waals surface area contributed by atoms with Crippen molar-refractivity contribution in [1.29, 1.82) is 0 Å². The van der Waals surface area contributed by atoms with Crippen molar-refractivity contribution in [2.75, 3.05) is 11.9 Å². The molecule has 1 saturated carbocycles. The van der Waals surface area contributed by atoms with Crippen molar-refractivity contribution < 1.29 is 14.3 Å². The van der Waals surface area contributed by atoms with Gasteiger partial charge in [0.15, 0.2) is 5.78 Å². The summed E-state index contributed by atoms with van der Waals surface area (Å²) in [6, 6.07) is 6.87. The van der Waals surface area contributed by atoms with E-state index in [2.05, 4.69) is 5.32 Å². The Kier molecular flexibility index (Phi) is 5.96. The van der Waals surface area contributed by atoms with Crippen molar-refractivity contribution in [2.45, 2.75) is 45.8 Å². The van der Waals surface area contributed by atoms with E-state index in [0.717, 1.165) is 0 Å². The molecule has 1 amide bonds. The third kappa shape index (κ3) is 3.42. The first-order valence-corrected chi connectivity index (χ1v) is 7.55. The van der Waals surface area contributed by atoms with E-state index < -0.39 is 11.0 Å². The second-order valence-corrected chi connectivity index (χ2v) is 6.43. The van der Waals surface area contributed by atoms with Crippen LogP contribution in [0.3, 0.4) is 0 Å². The number of nitrogens with one attached hydrogen (secondary N) is 1. The van der Waals surface area contributed by atoms with Gasteiger partial charge in [-0.25, -0.2) is 0 Å². The van der Waals surface area contributed by atoms with E-state index in [4.69, 9.17) is 10.5 Å². The minimum atomic E-state index is -0.973. The normalized spacial score (nSPS) is 25.0.